The Hall–Kier alpha value is -2.09. The van der Waals surface area contributed by atoms with E-state index in [9.17, 15) is 5.11 Å². The van der Waals surface area contributed by atoms with Gasteiger partial charge >= 0.3 is 0 Å². The smallest absolute Gasteiger partial charge is 0.184 e. The number of ether oxygens (including phenoxy) is 1. The maximum absolute atomic E-state index is 10.2. The number of aromatic nitrogens is 1. The molecule has 0 amide bonds. The molecule has 2 aromatic rings. The van der Waals surface area contributed by atoms with Gasteiger partial charge in [-0.25, -0.2) is 4.98 Å². The van der Waals surface area contributed by atoms with E-state index in [0.29, 0.717) is 19.1 Å². The maximum Gasteiger partial charge on any atom is 0.184 e. The lowest BCUT2D eigenvalue weighted by molar-refractivity contribution is -0.123. The molecule has 1 saturated carbocycles. The Morgan fingerprint density at radius 2 is 2.17 bits per heavy atom. The van der Waals surface area contributed by atoms with Crippen molar-refractivity contribution in [2.75, 3.05) is 18.5 Å². The van der Waals surface area contributed by atoms with Gasteiger partial charge in [-0.3, -0.25) is 9.90 Å². The fourth-order valence-corrected chi connectivity index (χ4v) is 4.44. The highest BCUT2D eigenvalue weighted by atomic mass is 32.1. The van der Waals surface area contributed by atoms with Crippen LogP contribution in [0.5, 0.6) is 5.75 Å². The van der Waals surface area contributed by atoms with Gasteiger partial charge in [0.2, 0.25) is 0 Å². The molecule has 1 aromatic heterocycles. The van der Waals surface area contributed by atoms with Crippen LogP contribution in [0.15, 0.2) is 42.3 Å². The number of nitrogens with zero attached hydrogens (tertiary/aromatic N) is 2. The molecule has 1 aliphatic heterocycles. The van der Waals surface area contributed by atoms with E-state index in [-0.39, 0.29) is 12.1 Å². The Morgan fingerprint density at radius 1 is 1.31 bits per heavy atom. The van der Waals surface area contributed by atoms with E-state index in [1.54, 1.807) is 11.3 Å². The van der Waals surface area contributed by atoms with Gasteiger partial charge in [-0.05, 0) is 43.0 Å². The number of hydrogen-bond donors (Lipinski definition) is 2. The van der Waals surface area contributed by atoms with Gasteiger partial charge in [0.25, 0.3) is 0 Å². The summed E-state index contributed by atoms with van der Waals surface area (Å²) in [6, 6.07) is 6.04. The molecule has 7 heteroatoms. The van der Waals surface area contributed by atoms with Crippen LogP contribution in [-0.4, -0.2) is 40.5 Å². The van der Waals surface area contributed by atoms with Crippen LogP contribution >= 0.6 is 11.3 Å². The number of hydroxylamine groups is 2. The van der Waals surface area contributed by atoms with Gasteiger partial charge in [0.15, 0.2) is 5.13 Å². The number of rotatable bonds is 7. The Morgan fingerprint density at radius 3 is 2.93 bits per heavy atom. The molecule has 0 spiro atoms. The first kappa shape index (κ1) is 20.2. The van der Waals surface area contributed by atoms with E-state index >= 15 is 0 Å². The lowest BCUT2D eigenvalue weighted by atomic mass is 9.93. The monoisotopic (exact) mass is 415 g/mol. The first-order valence-electron chi connectivity index (χ1n) is 10.4. The minimum absolute atomic E-state index is 0.0958. The summed E-state index contributed by atoms with van der Waals surface area (Å²) in [5.41, 5.74) is 0.941. The number of fused-ring (bicyclic) bond motifs is 1. The zero-order valence-electron chi connectivity index (χ0n) is 17.0. The largest absolute Gasteiger partial charge is 0.458 e. The highest BCUT2D eigenvalue weighted by molar-refractivity contribution is 7.22. The number of benzene rings is 1. The summed E-state index contributed by atoms with van der Waals surface area (Å²) in [4.78, 5) is 10.4. The first-order chi connectivity index (χ1) is 14.1. The quantitative estimate of drug-likeness (QED) is 0.684. The van der Waals surface area contributed by atoms with Gasteiger partial charge in [-0.2, -0.15) is 0 Å². The molecule has 2 heterocycles. The molecule has 1 fully saturated rings. The Kier molecular flexibility index (Phi) is 6.37. The standard InChI is InChI=1S/C22H29N3O3S/c1-15(2)14-27-25-11-9-16(10-12-25)28-17-7-8-19-21(13-17)29-22(24-19)23-18-5-3-4-6-20(18)26/h7-11,13,15,18,20,26H,3-6,12,14H2,1-2H3,(H,23,24)/t18-,20-/m1/s1. The molecule has 2 N–H and O–H groups in total. The van der Waals surface area contributed by atoms with E-state index in [1.165, 1.54) is 0 Å². The van der Waals surface area contributed by atoms with Gasteiger partial charge in [0.1, 0.15) is 11.5 Å². The van der Waals surface area contributed by atoms with Crippen LogP contribution in [0.25, 0.3) is 10.2 Å². The number of hydrogen-bond acceptors (Lipinski definition) is 7. The second-order valence-electron chi connectivity index (χ2n) is 8.06. The summed E-state index contributed by atoms with van der Waals surface area (Å²) in [5, 5.41) is 16.3. The predicted molar refractivity (Wildman–Crippen MR) is 117 cm³/mol. The molecule has 4 rings (SSSR count). The highest BCUT2D eigenvalue weighted by Gasteiger charge is 2.23. The summed E-state index contributed by atoms with van der Waals surface area (Å²) in [5.74, 6) is 2.09. The molecule has 2 aliphatic rings. The van der Waals surface area contributed by atoms with E-state index in [2.05, 4.69) is 24.1 Å². The molecule has 29 heavy (non-hydrogen) atoms. The van der Waals surface area contributed by atoms with Crippen molar-refractivity contribution in [2.24, 2.45) is 5.92 Å². The molecule has 0 bridgehead atoms. The molecule has 0 unspecified atom stereocenters. The topological polar surface area (TPSA) is 66.9 Å². The average Bonchev–Trinajstić information content (AvgIpc) is 3.11. The van der Waals surface area contributed by atoms with Crippen LogP contribution in [0.4, 0.5) is 5.13 Å². The van der Waals surface area contributed by atoms with Gasteiger partial charge in [-0.15, -0.1) is 0 Å². The zero-order valence-corrected chi connectivity index (χ0v) is 17.8. The van der Waals surface area contributed by atoms with E-state index in [4.69, 9.17) is 9.57 Å². The summed E-state index contributed by atoms with van der Waals surface area (Å²) < 4.78 is 7.09. The lowest BCUT2D eigenvalue weighted by Crippen LogP contribution is -2.36. The SMILES string of the molecule is CC(C)CON1C=CC(Oc2ccc3nc(N[C@@H]4CCCC[C@H]4O)sc3c2)=CC1. The van der Waals surface area contributed by atoms with E-state index in [1.807, 2.05) is 41.6 Å². The Labute approximate surface area is 175 Å². The third-order valence-electron chi connectivity index (χ3n) is 5.09. The highest BCUT2D eigenvalue weighted by Crippen LogP contribution is 2.32. The van der Waals surface area contributed by atoms with Gasteiger partial charge in [0, 0.05) is 12.3 Å². The molecular formula is C22H29N3O3S. The molecule has 0 saturated heterocycles. The molecule has 1 aliphatic carbocycles. The van der Waals surface area contributed by atoms with Crippen molar-refractivity contribution in [3.8, 4) is 5.75 Å². The van der Waals surface area contributed by atoms with Crippen molar-refractivity contribution in [3.05, 3.63) is 42.3 Å². The number of thiazole rings is 1. The number of anilines is 1. The van der Waals surface area contributed by atoms with E-state index in [0.717, 1.165) is 52.5 Å². The zero-order chi connectivity index (χ0) is 20.2. The number of aliphatic hydroxyl groups is 1. The van der Waals surface area contributed by atoms with Crippen LogP contribution in [0.1, 0.15) is 39.5 Å². The molecular weight excluding hydrogens is 386 g/mol. The summed E-state index contributed by atoms with van der Waals surface area (Å²) in [6.45, 7) is 5.63. The first-order valence-corrected chi connectivity index (χ1v) is 11.2. The average molecular weight is 416 g/mol. The fraction of sp³-hybridized carbons (Fsp3) is 0.500. The van der Waals surface area contributed by atoms with Gasteiger partial charge in [0.05, 0.1) is 35.5 Å². The van der Waals surface area contributed by atoms with Crippen molar-refractivity contribution >= 4 is 26.7 Å². The third kappa shape index (κ3) is 5.29. The van der Waals surface area contributed by atoms with Crippen LogP contribution in [0, 0.1) is 5.92 Å². The predicted octanol–water partition coefficient (Wildman–Crippen LogP) is 4.69. The van der Waals surface area contributed by atoms with Crippen molar-refractivity contribution in [2.45, 2.75) is 51.7 Å². The molecule has 156 valence electrons. The molecule has 0 radical (unpaired) electrons. The van der Waals surface area contributed by atoms with Crippen molar-refractivity contribution in [1.82, 2.24) is 10.0 Å². The molecule has 1 aromatic carbocycles. The third-order valence-corrected chi connectivity index (χ3v) is 6.03. The summed E-state index contributed by atoms with van der Waals surface area (Å²) >= 11 is 1.60. The minimum atomic E-state index is -0.288. The second-order valence-corrected chi connectivity index (χ2v) is 9.10. The maximum atomic E-state index is 10.2. The van der Waals surface area contributed by atoms with Crippen molar-refractivity contribution < 1.29 is 14.7 Å². The number of allylic oxidation sites excluding steroid dienone is 1. The Bertz CT molecular complexity index is 893. The van der Waals surface area contributed by atoms with Crippen molar-refractivity contribution in [1.29, 1.82) is 0 Å². The molecule has 6 nitrogen and oxygen atoms in total. The van der Waals surface area contributed by atoms with Crippen LogP contribution < -0.4 is 10.1 Å². The molecule has 2 atom stereocenters. The number of aliphatic hydroxyl groups excluding tert-OH is 1. The summed E-state index contributed by atoms with van der Waals surface area (Å²) in [6.07, 6.45) is 9.65. The van der Waals surface area contributed by atoms with Gasteiger partial charge < -0.3 is 15.2 Å². The second kappa shape index (κ2) is 9.15. The summed E-state index contributed by atoms with van der Waals surface area (Å²) in [7, 11) is 0. The number of nitrogens with one attached hydrogen (secondary N) is 1. The minimum Gasteiger partial charge on any atom is -0.458 e. The fourth-order valence-electron chi connectivity index (χ4n) is 3.49. The van der Waals surface area contributed by atoms with Crippen LogP contribution in [0.2, 0.25) is 0 Å². The normalized spacial score (nSPS) is 22.2. The van der Waals surface area contributed by atoms with Crippen LogP contribution in [0.3, 0.4) is 0 Å². The van der Waals surface area contributed by atoms with Crippen LogP contribution in [-0.2, 0) is 4.84 Å². The van der Waals surface area contributed by atoms with Crippen molar-refractivity contribution in [3.63, 3.8) is 0 Å². The van der Waals surface area contributed by atoms with E-state index < -0.39 is 0 Å². The Balaban J connectivity index is 1.37. The lowest BCUT2D eigenvalue weighted by Gasteiger charge is -2.27. The van der Waals surface area contributed by atoms with Gasteiger partial charge in [-0.1, -0.05) is 38.0 Å².